The van der Waals surface area contributed by atoms with Gasteiger partial charge in [0, 0.05) is 6.42 Å². The van der Waals surface area contributed by atoms with Gasteiger partial charge in [-0.2, -0.15) is 0 Å². The van der Waals surface area contributed by atoms with Gasteiger partial charge in [0.2, 0.25) is 0 Å². The number of quaternary nitrogens is 1. The van der Waals surface area contributed by atoms with Crippen LogP contribution in [0.2, 0.25) is 0 Å². The topological polar surface area (TPSA) is 44.7 Å². The van der Waals surface area contributed by atoms with Crippen molar-refractivity contribution in [1.29, 1.82) is 0 Å². The summed E-state index contributed by atoms with van der Waals surface area (Å²) in [4.78, 5) is 9.83. The highest BCUT2D eigenvalue weighted by atomic mass is 16.1. The second-order valence-electron chi connectivity index (χ2n) is 2.22. The van der Waals surface area contributed by atoms with Crippen LogP contribution in [0, 0.1) is 0 Å². The van der Waals surface area contributed by atoms with E-state index in [2.05, 4.69) is 5.73 Å². The molecule has 0 radical (unpaired) electrons. The van der Waals surface area contributed by atoms with Crippen molar-refractivity contribution in [2.24, 2.45) is 0 Å². The van der Waals surface area contributed by atoms with Gasteiger partial charge in [-0.3, -0.25) is 0 Å². The molecule has 2 nitrogen and oxygen atoms in total. The maximum absolute atomic E-state index is 9.83. The molecule has 0 aliphatic rings. The van der Waals surface area contributed by atoms with Crippen molar-refractivity contribution < 1.29 is 10.5 Å². The molecule has 54 valence electrons. The summed E-state index contributed by atoms with van der Waals surface area (Å²) in [6.45, 7) is 1.03. The quantitative estimate of drug-likeness (QED) is 0.410. The van der Waals surface area contributed by atoms with E-state index in [0.29, 0.717) is 0 Å². The van der Waals surface area contributed by atoms with E-state index in [0.717, 1.165) is 25.7 Å². The molecule has 0 rings (SSSR count). The molecule has 0 atom stereocenters. The first-order valence-electron chi connectivity index (χ1n) is 3.64. The maximum Gasteiger partial charge on any atom is 0.119 e. The fourth-order valence-electron chi connectivity index (χ4n) is 0.758. The number of carbonyl (C=O) groups is 1. The van der Waals surface area contributed by atoms with Gasteiger partial charge in [-0.05, 0) is 19.3 Å². The Bertz CT molecular complexity index is 63.9. The zero-order valence-corrected chi connectivity index (χ0v) is 5.94. The molecule has 0 heterocycles. The monoisotopic (exact) mass is 130 g/mol. The van der Waals surface area contributed by atoms with E-state index in [1.165, 1.54) is 19.3 Å². The third kappa shape index (κ3) is 7.63. The second kappa shape index (κ2) is 7.63. The van der Waals surface area contributed by atoms with Crippen LogP contribution in [0.4, 0.5) is 0 Å². The number of hydrogen-bond donors (Lipinski definition) is 1. The Morgan fingerprint density at radius 3 is 2.33 bits per heavy atom. The summed E-state index contributed by atoms with van der Waals surface area (Å²) in [5.74, 6) is 0. The van der Waals surface area contributed by atoms with E-state index in [1.54, 1.807) is 0 Å². The first-order chi connectivity index (χ1) is 4.41. The van der Waals surface area contributed by atoms with Gasteiger partial charge in [-0.25, -0.2) is 0 Å². The Hall–Kier alpha value is -0.370. The molecular weight excluding hydrogens is 114 g/mol. The van der Waals surface area contributed by atoms with Crippen LogP contribution in [0.1, 0.15) is 32.1 Å². The molecule has 0 fully saturated rings. The molecule has 0 aromatic carbocycles. The lowest BCUT2D eigenvalue weighted by Crippen LogP contribution is -2.50. The lowest BCUT2D eigenvalue weighted by molar-refractivity contribution is -0.368. The molecule has 9 heavy (non-hydrogen) atoms. The van der Waals surface area contributed by atoms with Gasteiger partial charge in [0.25, 0.3) is 0 Å². The smallest absolute Gasteiger partial charge is 0.119 e. The third-order valence-electron chi connectivity index (χ3n) is 1.32. The Kier molecular flexibility index (Phi) is 7.32. The van der Waals surface area contributed by atoms with E-state index < -0.39 is 0 Å². The zero-order valence-electron chi connectivity index (χ0n) is 5.94. The Morgan fingerprint density at radius 1 is 1.11 bits per heavy atom. The number of unbranched alkanes of at least 4 members (excludes halogenated alkanes) is 4. The molecule has 0 aromatic rings. The van der Waals surface area contributed by atoms with Crippen LogP contribution < -0.4 is 5.73 Å². The molecule has 0 aliphatic heterocycles. The van der Waals surface area contributed by atoms with Gasteiger partial charge in [0.15, 0.2) is 0 Å². The molecule has 0 saturated carbocycles. The van der Waals surface area contributed by atoms with Crippen LogP contribution in [-0.2, 0) is 4.79 Å². The molecule has 0 aliphatic carbocycles. The standard InChI is InChI=1S/C7H15NO/c8-6-4-2-1-3-5-7-9/h7H,1-6,8H2/p+1. The second-order valence-corrected chi connectivity index (χ2v) is 2.22. The first kappa shape index (κ1) is 8.63. The molecular formula is C7H16NO+. The van der Waals surface area contributed by atoms with Gasteiger partial charge in [-0.15, -0.1) is 0 Å². The van der Waals surface area contributed by atoms with Crippen LogP contribution in [0.3, 0.4) is 0 Å². The highest BCUT2D eigenvalue weighted by Gasteiger charge is 1.87. The van der Waals surface area contributed by atoms with Crippen LogP contribution in [0.15, 0.2) is 0 Å². The van der Waals surface area contributed by atoms with Crippen molar-refractivity contribution >= 4 is 6.29 Å². The largest absolute Gasteiger partial charge is 0.358 e. The molecule has 0 amide bonds. The molecule has 0 spiro atoms. The number of hydrogen-bond acceptors (Lipinski definition) is 1. The van der Waals surface area contributed by atoms with Crippen LogP contribution in [0.5, 0.6) is 0 Å². The Morgan fingerprint density at radius 2 is 1.78 bits per heavy atom. The predicted octanol–water partition coefficient (Wildman–Crippen LogP) is 0.378. The minimum absolute atomic E-state index is 0.733. The summed E-state index contributed by atoms with van der Waals surface area (Å²) in [6.07, 6.45) is 6.41. The van der Waals surface area contributed by atoms with Crippen molar-refractivity contribution in [1.82, 2.24) is 0 Å². The minimum atomic E-state index is 0.733. The Balaban J connectivity index is 2.66. The number of rotatable bonds is 6. The summed E-state index contributed by atoms with van der Waals surface area (Å²) < 4.78 is 0. The highest BCUT2D eigenvalue weighted by molar-refractivity contribution is 5.48. The van der Waals surface area contributed by atoms with E-state index in [1.807, 2.05) is 0 Å². The number of aldehydes is 1. The SMILES string of the molecule is [NH3+]CCCCCCC=O. The van der Waals surface area contributed by atoms with E-state index in [4.69, 9.17) is 0 Å². The van der Waals surface area contributed by atoms with E-state index >= 15 is 0 Å². The fraction of sp³-hybridized carbons (Fsp3) is 0.857. The fourth-order valence-corrected chi connectivity index (χ4v) is 0.758. The van der Waals surface area contributed by atoms with Crippen LogP contribution in [0.25, 0.3) is 0 Å². The van der Waals surface area contributed by atoms with Crippen LogP contribution in [-0.4, -0.2) is 12.8 Å². The minimum Gasteiger partial charge on any atom is -0.358 e. The van der Waals surface area contributed by atoms with E-state index in [9.17, 15) is 4.79 Å². The molecule has 0 saturated heterocycles. The lowest BCUT2D eigenvalue weighted by Gasteiger charge is -1.92. The molecule has 3 N–H and O–H groups in total. The molecule has 0 bridgehead atoms. The Labute approximate surface area is 56.4 Å². The third-order valence-corrected chi connectivity index (χ3v) is 1.32. The van der Waals surface area contributed by atoms with Crippen molar-refractivity contribution in [3.05, 3.63) is 0 Å². The maximum atomic E-state index is 9.83. The van der Waals surface area contributed by atoms with Gasteiger partial charge < -0.3 is 10.5 Å². The van der Waals surface area contributed by atoms with E-state index in [-0.39, 0.29) is 0 Å². The number of carbonyl (C=O) groups excluding carboxylic acids is 1. The van der Waals surface area contributed by atoms with Crippen molar-refractivity contribution in [2.45, 2.75) is 32.1 Å². The summed E-state index contributed by atoms with van der Waals surface area (Å²) in [5.41, 5.74) is 3.73. The van der Waals surface area contributed by atoms with Gasteiger partial charge in [-0.1, -0.05) is 6.42 Å². The van der Waals surface area contributed by atoms with Crippen LogP contribution >= 0.6 is 0 Å². The van der Waals surface area contributed by atoms with Crippen molar-refractivity contribution in [2.75, 3.05) is 6.54 Å². The summed E-state index contributed by atoms with van der Waals surface area (Å²) in [7, 11) is 0. The van der Waals surface area contributed by atoms with Gasteiger partial charge in [0.05, 0.1) is 6.54 Å². The van der Waals surface area contributed by atoms with Gasteiger partial charge >= 0.3 is 0 Å². The average molecular weight is 130 g/mol. The lowest BCUT2D eigenvalue weighted by atomic mass is 10.1. The highest BCUT2D eigenvalue weighted by Crippen LogP contribution is 1.99. The summed E-state index contributed by atoms with van der Waals surface area (Å²) in [6, 6.07) is 0. The summed E-state index contributed by atoms with van der Waals surface area (Å²) >= 11 is 0. The molecule has 0 aromatic heterocycles. The predicted molar refractivity (Wildman–Crippen MR) is 36.9 cm³/mol. The van der Waals surface area contributed by atoms with Crippen molar-refractivity contribution in [3.8, 4) is 0 Å². The summed E-state index contributed by atoms with van der Waals surface area (Å²) in [5, 5.41) is 0. The zero-order chi connectivity index (χ0) is 6.95. The van der Waals surface area contributed by atoms with Gasteiger partial charge in [0.1, 0.15) is 6.29 Å². The molecule has 0 unspecified atom stereocenters. The normalized spacial score (nSPS) is 9.44. The van der Waals surface area contributed by atoms with Crippen molar-refractivity contribution in [3.63, 3.8) is 0 Å². The average Bonchev–Trinajstić information content (AvgIpc) is 1.89. The first-order valence-corrected chi connectivity index (χ1v) is 3.64. The molecule has 2 heteroatoms.